The van der Waals surface area contributed by atoms with Crippen molar-refractivity contribution in [1.29, 1.82) is 0 Å². The first-order valence-corrected chi connectivity index (χ1v) is 6.71. The third-order valence-corrected chi connectivity index (χ3v) is 3.19. The van der Waals surface area contributed by atoms with Gasteiger partial charge in [-0.1, -0.05) is 12.1 Å². The second kappa shape index (κ2) is 7.39. The average molecular weight is 309 g/mol. The van der Waals surface area contributed by atoms with Gasteiger partial charge in [0, 0.05) is 12.6 Å². The molecule has 3 N–H and O–H groups in total. The topological polar surface area (TPSA) is 122 Å². The van der Waals surface area contributed by atoms with E-state index in [0.717, 1.165) is 0 Å². The van der Waals surface area contributed by atoms with Crippen LogP contribution in [0.2, 0.25) is 0 Å². The Hall–Kier alpha value is -2.64. The van der Waals surface area contributed by atoms with Crippen LogP contribution in [0.15, 0.2) is 24.3 Å². The van der Waals surface area contributed by atoms with Gasteiger partial charge in [-0.15, -0.1) is 0 Å². The zero-order chi connectivity index (χ0) is 16.8. The van der Waals surface area contributed by atoms with Gasteiger partial charge in [0.15, 0.2) is 0 Å². The molecule has 0 spiro atoms. The molecular formula is C14H19N3O5. The van der Waals surface area contributed by atoms with E-state index in [2.05, 4.69) is 10.6 Å². The number of carboxylic acid groups (broad SMARTS) is 1. The van der Waals surface area contributed by atoms with Crippen LogP contribution >= 0.6 is 0 Å². The quantitative estimate of drug-likeness (QED) is 0.495. The van der Waals surface area contributed by atoms with Crippen molar-refractivity contribution in [1.82, 2.24) is 5.32 Å². The first-order valence-electron chi connectivity index (χ1n) is 6.71. The Morgan fingerprint density at radius 1 is 1.32 bits per heavy atom. The normalized spacial score (nSPS) is 10.8. The van der Waals surface area contributed by atoms with Crippen LogP contribution in [-0.4, -0.2) is 35.0 Å². The molecule has 0 aliphatic rings. The van der Waals surface area contributed by atoms with Crippen molar-refractivity contribution in [2.24, 2.45) is 5.41 Å². The molecule has 0 fully saturated rings. The lowest BCUT2D eigenvalue weighted by Crippen LogP contribution is -2.34. The number of amides is 1. The van der Waals surface area contributed by atoms with Crippen molar-refractivity contribution in [3.8, 4) is 0 Å². The summed E-state index contributed by atoms with van der Waals surface area (Å²) in [5, 5.41) is 25.0. The van der Waals surface area contributed by atoms with Crippen molar-refractivity contribution in [2.45, 2.75) is 20.3 Å². The number of nitrogens with zero attached hydrogens (tertiary/aromatic N) is 1. The first kappa shape index (κ1) is 17.4. The van der Waals surface area contributed by atoms with Gasteiger partial charge in [0.25, 0.3) is 5.69 Å². The SMILES string of the molecule is CC(C)(CCNC(=O)CNc1ccccc1[N+](=O)[O-])C(=O)O. The summed E-state index contributed by atoms with van der Waals surface area (Å²) in [4.78, 5) is 32.9. The smallest absolute Gasteiger partial charge is 0.309 e. The number of benzene rings is 1. The molecule has 8 heteroatoms. The second-order valence-corrected chi connectivity index (χ2v) is 5.42. The number of rotatable bonds is 8. The molecule has 0 bridgehead atoms. The van der Waals surface area contributed by atoms with E-state index in [9.17, 15) is 19.7 Å². The van der Waals surface area contributed by atoms with Crippen LogP contribution in [0.1, 0.15) is 20.3 Å². The summed E-state index contributed by atoms with van der Waals surface area (Å²) in [6, 6.07) is 6.02. The van der Waals surface area contributed by atoms with Crippen LogP contribution in [0.25, 0.3) is 0 Å². The van der Waals surface area contributed by atoms with Gasteiger partial charge in [0.1, 0.15) is 5.69 Å². The van der Waals surface area contributed by atoms with Gasteiger partial charge >= 0.3 is 5.97 Å². The summed E-state index contributed by atoms with van der Waals surface area (Å²) >= 11 is 0. The minimum Gasteiger partial charge on any atom is -0.481 e. The van der Waals surface area contributed by atoms with Gasteiger partial charge in [-0.05, 0) is 26.3 Å². The third-order valence-electron chi connectivity index (χ3n) is 3.19. The van der Waals surface area contributed by atoms with E-state index in [1.807, 2.05) is 0 Å². The summed E-state index contributed by atoms with van der Waals surface area (Å²) in [7, 11) is 0. The maximum Gasteiger partial charge on any atom is 0.309 e. The molecule has 0 saturated heterocycles. The largest absolute Gasteiger partial charge is 0.481 e. The van der Waals surface area contributed by atoms with E-state index >= 15 is 0 Å². The Morgan fingerprint density at radius 2 is 1.95 bits per heavy atom. The Morgan fingerprint density at radius 3 is 2.55 bits per heavy atom. The maximum absolute atomic E-state index is 11.7. The van der Waals surface area contributed by atoms with Crippen LogP contribution in [0.5, 0.6) is 0 Å². The lowest BCUT2D eigenvalue weighted by Gasteiger charge is -2.18. The molecule has 1 aromatic carbocycles. The molecule has 0 aliphatic carbocycles. The van der Waals surface area contributed by atoms with Gasteiger partial charge < -0.3 is 15.7 Å². The van der Waals surface area contributed by atoms with Crippen molar-refractivity contribution in [3.63, 3.8) is 0 Å². The number of anilines is 1. The van der Waals surface area contributed by atoms with Gasteiger partial charge in [0.05, 0.1) is 16.9 Å². The minimum atomic E-state index is -0.931. The monoisotopic (exact) mass is 309 g/mol. The van der Waals surface area contributed by atoms with Gasteiger partial charge in [-0.25, -0.2) is 0 Å². The maximum atomic E-state index is 11.7. The molecule has 8 nitrogen and oxygen atoms in total. The van der Waals surface area contributed by atoms with E-state index in [4.69, 9.17) is 5.11 Å². The number of nitro benzene ring substituents is 1. The summed E-state index contributed by atoms with van der Waals surface area (Å²) in [6.45, 7) is 3.25. The molecule has 0 atom stereocenters. The summed E-state index contributed by atoms with van der Waals surface area (Å²) in [5.74, 6) is -1.29. The zero-order valence-corrected chi connectivity index (χ0v) is 12.5. The van der Waals surface area contributed by atoms with Crippen LogP contribution in [0, 0.1) is 15.5 Å². The number of carbonyl (C=O) groups excluding carboxylic acids is 1. The molecule has 0 aliphatic heterocycles. The number of nitro groups is 1. The molecule has 0 unspecified atom stereocenters. The molecule has 22 heavy (non-hydrogen) atoms. The number of hydrogen-bond donors (Lipinski definition) is 3. The predicted molar refractivity (Wildman–Crippen MR) is 80.6 cm³/mol. The van der Waals surface area contributed by atoms with Crippen molar-refractivity contribution >= 4 is 23.3 Å². The van der Waals surface area contributed by atoms with E-state index in [1.165, 1.54) is 18.2 Å². The lowest BCUT2D eigenvalue weighted by molar-refractivity contribution is -0.383. The Kier molecular flexibility index (Phi) is 5.85. The van der Waals surface area contributed by atoms with Crippen molar-refractivity contribution in [2.75, 3.05) is 18.4 Å². The molecule has 0 radical (unpaired) electrons. The fraction of sp³-hybridized carbons (Fsp3) is 0.429. The van der Waals surface area contributed by atoms with Gasteiger partial charge in [0.2, 0.25) is 5.91 Å². The molecule has 0 aromatic heterocycles. The van der Waals surface area contributed by atoms with Crippen LogP contribution < -0.4 is 10.6 Å². The first-order chi connectivity index (χ1) is 10.2. The van der Waals surface area contributed by atoms with E-state index in [1.54, 1.807) is 19.9 Å². The summed E-state index contributed by atoms with van der Waals surface area (Å²) in [5.41, 5.74) is -0.769. The average Bonchev–Trinajstić information content (AvgIpc) is 2.45. The Bertz CT molecular complexity index is 571. The summed E-state index contributed by atoms with van der Waals surface area (Å²) in [6.07, 6.45) is 0.291. The molecule has 120 valence electrons. The van der Waals surface area contributed by atoms with Crippen LogP contribution in [0.3, 0.4) is 0 Å². The van der Waals surface area contributed by atoms with E-state index < -0.39 is 16.3 Å². The zero-order valence-electron chi connectivity index (χ0n) is 12.5. The van der Waals surface area contributed by atoms with E-state index in [-0.39, 0.29) is 30.4 Å². The number of nitrogens with one attached hydrogen (secondary N) is 2. The second-order valence-electron chi connectivity index (χ2n) is 5.42. The molecule has 1 rings (SSSR count). The van der Waals surface area contributed by atoms with Crippen LogP contribution in [-0.2, 0) is 9.59 Å². The number of carbonyl (C=O) groups is 2. The number of hydrogen-bond acceptors (Lipinski definition) is 5. The van der Waals surface area contributed by atoms with Crippen molar-refractivity contribution in [3.05, 3.63) is 34.4 Å². The predicted octanol–water partition coefficient (Wildman–Crippen LogP) is 1.62. The molecule has 1 amide bonds. The fourth-order valence-corrected chi connectivity index (χ4v) is 1.64. The summed E-state index contributed by atoms with van der Waals surface area (Å²) < 4.78 is 0. The standard InChI is InChI=1S/C14H19N3O5/c1-14(2,13(19)20)7-8-15-12(18)9-16-10-5-3-4-6-11(10)17(21)22/h3-6,16H,7-9H2,1-2H3,(H,15,18)(H,19,20). The minimum absolute atomic E-state index is 0.109. The van der Waals surface area contributed by atoms with Crippen LogP contribution in [0.4, 0.5) is 11.4 Å². The highest BCUT2D eigenvalue weighted by Crippen LogP contribution is 2.22. The fourth-order valence-electron chi connectivity index (χ4n) is 1.64. The van der Waals surface area contributed by atoms with E-state index in [0.29, 0.717) is 6.42 Å². The third kappa shape index (κ3) is 5.04. The highest BCUT2D eigenvalue weighted by molar-refractivity contribution is 5.81. The van der Waals surface area contributed by atoms with Crippen molar-refractivity contribution < 1.29 is 19.6 Å². The lowest BCUT2D eigenvalue weighted by atomic mass is 9.90. The molecular weight excluding hydrogens is 290 g/mol. The van der Waals surface area contributed by atoms with Gasteiger partial charge in [-0.3, -0.25) is 19.7 Å². The number of para-hydroxylation sites is 2. The Labute approximate surface area is 127 Å². The molecule has 1 aromatic rings. The molecule has 0 heterocycles. The molecule has 0 saturated carbocycles. The van der Waals surface area contributed by atoms with Gasteiger partial charge in [-0.2, -0.15) is 0 Å². The Balaban J connectivity index is 2.45. The number of aliphatic carboxylic acids is 1. The highest BCUT2D eigenvalue weighted by atomic mass is 16.6. The highest BCUT2D eigenvalue weighted by Gasteiger charge is 2.26. The number of carboxylic acids is 1.